The molecule has 1 aliphatic carbocycles. The van der Waals surface area contributed by atoms with Crippen LogP contribution in [-0.4, -0.2) is 41.3 Å². The van der Waals surface area contributed by atoms with Crippen molar-refractivity contribution in [1.82, 2.24) is 10.6 Å². The summed E-state index contributed by atoms with van der Waals surface area (Å²) < 4.78 is 6.27. The van der Waals surface area contributed by atoms with Crippen molar-refractivity contribution in [1.29, 1.82) is 0 Å². The number of rotatable bonds is 10. The lowest BCUT2D eigenvalue weighted by molar-refractivity contribution is -0.133. The van der Waals surface area contributed by atoms with E-state index in [2.05, 4.69) is 47.9 Å². The molecule has 182 valence electrons. The molecule has 0 fully saturated rings. The predicted molar refractivity (Wildman–Crippen MR) is 134 cm³/mol. The Bertz CT molecular complexity index is 1010. The van der Waals surface area contributed by atoms with Gasteiger partial charge in [0.25, 0.3) is 0 Å². The van der Waals surface area contributed by atoms with Crippen molar-refractivity contribution < 1.29 is 19.4 Å². The maximum Gasteiger partial charge on any atom is 0.331 e. The molecule has 1 aliphatic rings. The zero-order chi connectivity index (χ0) is 24.7. The third-order valence-corrected chi connectivity index (χ3v) is 6.51. The Morgan fingerprint density at radius 2 is 1.79 bits per heavy atom. The number of carbonyl (C=O) groups excluding carboxylic acids is 1. The van der Waals surface area contributed by atoms with Crippen LogP contribution in [0.3, 0.4) is 0 Å². The molecule has 0 aromatic heterocycles. The number of aliphatic carboxylic acids is 1. The second-order valence-electron chi connectivity index (χ2n) is 8.96. The van der Waals surface area contributed by atoms with E-state index in [0.29, 0.717) is 18.5 Å². The van der Waals surface area contributed by atoms with Crippen molar-refractivity contribution in [3.63, 3.8) is 0 Å². The summed E-state index contributed by atoms with van der Waals surface area (Å²) in [6.07, 6.45) is 3.10. The van der Waals surface area contributed by atoms with Crippen molar-refractivity contribution in [3.8, 4) is 11.1 Å². The first-order valence-electron chi connectivity index (χ1n) is 12.1. The van der Waals surface area contributed by atoms with Gasteiger partial charge in [-0.15, -0.1) is 0 Å². The van der Waals surface area contributed by atoms with E-state index in [4.69, 9.17) is 4.74 Å². The molecule has 3 rings (SSSR count). The Kier molecular flexibility index (Phi) is 9.02. The third kappa shape index (κ3) is 6.55. The summed E-state index contributed by atoms with van der Waals surface area (Å²) in [4.78, 5) is 23.9. The molecule has 3 atom stereocenters. The number of amides is 1. The van der Waals surface area contributed by atoms with Crippen LogP contribution in [0.4, 0.5) is 0 Å². The minimum Gasteiger partial charge on any atom is -0.478 e. The molecule has 6 nitrogen and oxygen atoms in total. The highest BCUT2D eigenvalue weighted by Gasteiger charge is 2.37. The van der Waals surface area contributed by atoms with Gasteiger partial charge in [-0.3, -0.25) is 4.79 Å². The summed E-state index contributed by atoms with van der Waals surface area (Å²) in [6, 6.07) is 15.9. The second kappa shape index (κ2) is 12.0. The van der Waals surface area contributed by atoms with Crippen LogP contribution in [0.25, 0.3) is 11.1 Å². The number of ether oxygens (including phenoxy) is 1. The molecule has 0 radical (unpaired) electrons. The van der Waals surface area contributed by atoms with Crippen molar-refractivity contribution >= 4 is 11.9 Å². The van der Waals surface area contributed by atoms with Gasteiger partial charge in [0.2, 0.25) is 5.91 Å². The molecule has 6 heteroatoms. The average molecular weight is 465 g/mol. The second-order valence-corrected chi connectivity index (χ2v) is 8.96. The van der Waals surface area contributed by atoms with Gasteiger partial charge >= 0.3 is 5.97 Å². The summed E-state index contributed by atoms with van der Waals surface area (Å²) in [6.45, 7) is 8.20. The van der Waals surface area contributed by atoms with E-state index in [0.717, 1.165) is 35.1 Å². The van der Waals surface area contributed by atoms with Crippen LogP contribution >= 0.6 is 0 Å². The molecule has 2 aromatic rings. The van der Waals surface area contributed by atoms with Crippen LogP contribution in [0.1, 0.15) is 51.2 Å². The van der Waals surface area contributed by atoms with Gasteiger partial charge in [-0.05, 0) is 60.6 Å². The van der Waals surface area contributed by atoms with Crippen LogP contribution in [-0.2, 0) is 20.9 Å². The number of aryl methyl sites for hydroxylation is 1. The van der Waals surface area contributed by atoms with Crippen LogP contribution in [0.15, 0.2) is 60.2 Å². The molecular formula is C28H36N2O4. The molecule has 34 heavy (non-hydrogen) atoms. The van der Waals surface area contributed by atoms with E-state index in [9.17, 15) is 14.7 Å². The average Bonchev–Trinajstić information content (AvgIpc) is 2.83. The number of nitrogens with one attached hydrogen (secondary N) is 2. The summed E-state index contributed by atoms with van der Waals surface area (Å²) in [5.74, 6) is -1.11. The SMILES string of the molecule is CCC(CC)O[C@@H]1C=C(C(=O)O)C[C@H](NCc2cc(-c3ccccc3)ccc2C)[C@H]1NC(C)=O. The molecule has 0 saturated heterocycles. The number of benzene rings is 2. The molecule has 0 heterocycles. The Morgan fingerprint density at radius 1 is 1.09 bits per heavy atom. The smallest absolute Gasteiger partial charge is 0.331 e. The topological polar surface area (TPSA) is 87.7 Å². The maximum absolute atomic E-state index is 12.0. The number of carboxylic acids is 1. The van der Waals surface area contributed by atoms with Gasteiger partial charge in [-0.2, -0.15) is 0 Å². The fraction of sp³-hybridized carbons (Fsp3) is 0.429. The van der Waals surface area contributed by atoms with Gasteiger partial charge < -0.3 is 20.5 Å². The molecule has 0 saturated carbocycles. The first kappa shape index (κ1) is 25.7. The van der Waals surface area contributed by atoms with Crippen molar-refractivity contribution in [2.75, 3.05) is 0 Å². The standard InChI is InChI=1S/C28H36N2O4/c1-5-24(6-2)34-26-16-22(28(32)33)15-25(27(26)30-19(4)31)29-17-23-14-21(13-12-18(23)3)20-10-8-7-9-11-20/h7-14,16,24-27,29H,5-6,15,17H2,1-4H3,(H,30,31)(H,32,33)/t25-,26+,27+/m0/s1. The number of hydrogen-bond acceptors (Lipinski definition) is 4. The molecule has 0 bridgehead atoms. The molecule has 2 aromatic carbocycles. The molecule has 0 aliphatic heterocycles. The third-order valence-electron chi connectivity index (χ3n) is 6.51. The molecular weight excluding hydrogens is 428 g/mol. The number of carboxylic acid groups (broad SMARTS) is 1. The summed E-state index contributed by atoms with van der Waals surface area (Å²) in [5.41, 5.74) is 4.87. The first-order valence-corrected chi connectivity index (χ1v) is 12.1. The zero-order valence-electron chi connectivity index (χ0n) is 20.5. The van der Waals surface area contributed by atoms with Crippen LogP contribution in [0.5, 0.6) is 0 Å². The van der Waals surface area contributed by atoms with Crippen LogP contribution in [0.2, 0.25) is 0 Å². The van der Waals surface area contributed by atoms with E-state index in [1.165, 1.54) is 6.92 Å². The van der Waals surface area contributed by atoms with Gasteiger partial charge in [-0.25, -0.2) is 4.79 Å². The Labute approximate surface area is 202 Å². The molecule has 3 N–H and O–H groups in total. The van der Waals surface area contributed by atoms with Gasteiger partial charge in [0.1, 0.15) is 0 Å². The zero-order valence-corrected chi connectivity index (χ0v) is 20.5. The largest absolute Gasteiger partial charge is 0.478 e. The first-order chi connectivity index (χ1) is 16.3. The highest BCUT2D eigenvalue weighted by atomic mass is 16.5. The lowest BCUT2D eigenvalue weighted by Crippen LogP contribution is -2.58. The monoisotopic (exact) mass is 464 g/mol. The van der Waals surface area contributed by atoms with Gasteiger partial charge in [0, 0.05) is 25.1 Å². The quantitative estimate of drug-likeness (QED) is 0.478. The van der Waals surface area contributed by atoms with Crippen molar-refractivity contribution in [2.45, 2.75) is 77.8 Å². The summed E-state index contributed by atoms with van der Waals surface area (Å²) in [5, 5.41) is 16.3. The van der Waals surface area contributed by atoms with E-state index in [-0.39, 0.29) is 24.1 Å². The van der Waals surface area contributed by atoms with Crippen molar-refractivity contribution in [3.05, 3.63) is 71.3 Å². The number of hydrogen-bond donors (Lipinski definition) is 3. The van der Waals surface area contributed by atoms with E-state index < -0.39 is 12.1 Å². The Hall–Kier alpha value is -2.96. The van der Waals surface area contributed by atoms with Crippen LogP contribution in [0, 0.1) is 6.92 Å². The summed E-state index contributed by atoms with van der Waals surface area (Å²) in [7, 11) is 0. The highest BCUT2D eigenvalue weighted by Crippen LogP contribution is 2.26. The van der Waals surface area contributed by atoms with E-state index >= 15 is 0 Å². The normalized spacial score (nSPS) is 20.1. The maximum atomic E-state index is 12.0. The fourth-order valence-corrected chi connectivity index (χ4v) is 4.48. The highest BCUT2D eigenvalue weighted by molar-refractivity contribution is 5.87. The molecule has 1 amide bonds. The van der Waals surface area contributed by atoms with Gasteiger partial charge in [0.05, 0.1) is 18.2 Å². The van der Waals surface area contributed by atoms with Crippen LogP contribution < -0.4 is 10.6 Å². The van der Waals surface area contributed by atoms with Crippen molar-refractivity contribution in [2.24, 2.45) is 0 Å². The van der Waals surface area contributed by atoms with Gasteiger partial charge in [-0.1, -0.05) is 56.3 Å². The molecule has 0 spiro atoms. The minimum atomic E-state index is -0.950. The lowest BCUT2D eigenvalue weighted by atomic mass is 9.87. The van der Waals surface area contributed by atoms with Gasteiger partial charge in [0.15, 0.2) is 0 Å². The van der Waals surface area contributed by atoms with E-state index in [1.54, 1.807) is 6.08 Å². The Balaban J connectivity index is 1.85. The summed E-state index contributed by atoms with van der Waals surface area (Å²) >= 11 is 0. The minimum absolute atomic E-state index is 0.00361. The number of carbonyl (C=O) groups is 2. The predicted octanol–water partition coefficient (Wildman–Crippen LogP) is 4.61. The molecule has 0 unspecified atom stereocenters. The fourth-order valence-electron chi connectivity index (χ4n) is 4.48. The van der Waals surface area contributed by atoms with E-state index in [1.807, 2.05) is 32.0 Å². The lowest BCUT2D eigenvalue weighted by Gasteiger charge is -2.38. The Morgan fingerprint density at radius 3 is 2.41 bits per heavy atom.